The van der Waals surface area contributed by atoms with E-state index in [1.807, 2.05) is 0 Å². The van der Waals surface area contributed by atoms with Gasteiger partial charge in [-0.1, -0.05) is 0 Å². The Balaban J connectivity index is 2.92. The zero-order valence-corrected chi connectivity index (χ0v) is 9.38. The molecule has 0 amide bonds. The molecular formula is C9H17NO8. The van der Waals surface area contributed by atoms with Crippen molar-refractivity contribution in [2.75, 3.05) is 6.61 Å². The van der Waals surface area contributed by atoms with E-state index in [0.717, 1.165) is 0 Å². The molecule has 9 heteroatoms. The topological polar surface area (TPSA) is 174 Å². The van der Waals surface area contributed by atoms with Crippen LogP contribution < -0.4 is 5.73 Å². The lowest BCUT2D eigenvalue weighted by molar-refractivity contribution is -0.292. The van der Waals surface area contributed by atoms with Gasteiger partial charge in [-0.3, -0.25) is 0 Å². The number of aliphatic carboxylic acids is 1. The average Bonchev–Trinajstić information content (AvgIpc) is 2.31. The summed E-state index contributed by atoms with van der Waals surface area (Å²) in [6.07, 6.45) is -7.01. The number of hydrogen-bond acceptors (Lipinski definition) is 8. The molecule has 0 spiro atoms. The van der Waals surface area contributed by atoms with Crippen LogP contribution in [0.4, 0.5) is 0 Å². The minimum atomic E-state index is -2.70. The minimum absolute atomic E-state index is 0.665. The number of aliphatic hydroxyl groups excluding tert-OH is 4. The van der Waals surface area contributed by atoms with Crippen LogP contribution in [0, 0.1) is 0 Å². The zero-order valence-electron chi connectivity index (χ0n) is 9.38. The lowest BCUT2D eigenvalue weighted by atomic mass is 9.89. The fourth-order valence-electron chi connectivity index (χ4n) is 1.75. The summed E-state index contributed by atoms with van der Waals surface area (Å²) in [6, 6.07) is -1.21. The molecule has 0 aromatic heterocycles. The van der Waals surface area contributed by atoms with Gasteiger partial charge in [-0.15, -0.1) is 0 Å². The van der Waals surface area contributed by atoms with Gasteiger partial charge in [-0.2, -0.15) is 0 Å². The molecule has 0 saturated carbocycles. The second-order valence-corrected chi connectivity index (χ2v) is 4.26. The van der Waals surface area contributed by atoms with Gasteiger partial charge < -0.3 is 41.1 Å². The quantitative estimate of drug-likeness (QED) is 0.267. The predicted octanol–water partition coefficient (Wildman–Crippen LogP) is -4.05. The van der Waals surface area contributed by atoms with Gasteiger partial charge in [0.1, 0.15) is 18.3 Å². The van der Waals surface area contributed by atoms with E-state index in [1.54, 1.807) is 0 Å². The summed E-state index contributed by atoms with van der Waals surface area (Å²) >= 11 is 0. The van der Waals surface area contributed by atoms with Crippen LogP contribution in [0.1, 0.15) is 6.42 Å². The molecule has 6 atom stereocenters. The number of ether oxygens (including phenoxy) is 1. The normalized spacial score (nSPS) is 40.2. The highest BCUT2D eigenvalue weighted by Gasteiger charge is 2.52. The van der Waals surface area contributed by atoms with E-state index in [-0.39, 0.29) is 0 Å². The van der Waals surface area contributed by atoms with E-state index in [9.17, 15) is 25.2 Å². The van der Waals surface area contributed by atoms with Crippen molar-refractivity contribution in [1.29, 1.82) is 0 Å². The second-order valence-electron chi connectivity index (χ2n) is 4.26. The molecule has 1 aliphatic rings. The molecule has 1 saturated heterocycles. The van der Waals surface area contributed by atoms with Crippen LogP contribution in [-0.2, 0) is 9.53 Å². The molecule has 1 fully saturated rings. The van der Waals surface area contributed by atoms with E-state index in [0.29, 0.717) is 0 Å². The fourth-order valence-corrected chi connectivity index (χ4v) is 1.75. The number of carbonyl (C=O) groups is 1. The molecule has 8 N–H and O–H groups in total. The van der Waals surface area contributed by atoms with Crippen LogP contribution >= 0.6 is 0 Å². The molecule has 0 aromatic rings. The summed E-state index contributed by atoms with van der Waals surface area (Å²) < 4.78 is 4.75. The third-order valence-corrected chi connectivity index (χ3v) is 2.89. The van der Waals surface area contributed by atoms with Crippen LogP contribution in [0.5, 0.6) is 0 Å². The summed E-state index contributed by atoms with van der Waals surface area (Å²) in [5.74, 6) is -4.44. The molecule has 0 aliphatic carbocycles. The summed E-state index contributed by atoms with van der Waals surface area (Å²) in [5, 5.41) is 55.5. The van der Waals surface area contributed by atoms with Crippen molar-refractivity contribution in [3.8, 4) is 0 Å². The van der Waals surface area contributed by atoms with Crippen molar-refractivity contribution < 1.29 is 40.2 Å². The number of aliphatic hydroxyl groups is 5. The molecule has 1 heterocycles. The van der Waals surface area contributed by atoms with E-state index in [2.05, 4.69) is 0 Å². The SMILES string of the molecule is N[C@H]1C([C@H](O)[C@@H](O)CO)O[C@](O)(C(=O)O)C[C@@H]1O. The van der Waals surface area contributed by atoms with Crippen LogP contribution in [0.25, 0.3) is 0 Å². The second kappa shape index (κ2) is 5.45. The smallest absolute Gasteiger partial charge is 0.364 e. The van der Waals surface area contributed by atoms with Gasteiger partial charge in [0.15, 0.2) is 0 Å². The first-order chi connectivity index (χ1) is 8.23. The number of carboxylic acids is 1. The molecule has 0 bridgehead atoms. The average molecular weight is 267 g/mol. The summed E-state index contributed by atoms with van der Waals surface area (Å²) in [4.78, 5) is 10.8. The van der Waals surface area contributed by atoms with Gasteiger partial charge in [-0.05, 0) is 0 Å². The molecule has 1 unspecified atom stereocenters. The highest BCUT2D eigenvalue weighted by molar-refractivity contribution is 5.75. The maximum absolute atomic E-state index is 10.8. The Hall–Kier alpha value is -0.810. The third kappa shape index (κ3) is 2.78. The number of hydrogen-bond donors (Lipinski definition) is 7. The number of rotatable bonds is 4. The van der Waals surface area contributed by atoms with Crippen molar-refractivity contribution in [2.24, 2.45) is 5.73 Å². The summed E-state index contributed by atoms with van der Waals surface area (Å²) in [5.41, 5.74) is 5.51. The van der Waals surface area contributed by atoms with Crippen LogP contribution in [0.2, 0.25) is 0 Å². The molecule has 1 aliphatic heterocycles. The molecule has 9 nitrogen and oxygen atoms in total. The van der Waals surface area contributed by atoms with Gasteiger partial charge in [-0.25, -0.2) is 4.79 Å². The van der Waals surface area contributed by atoms with Crippen molar-refractivity contribution in [3.05, 3.63) is 0 Å². The van der Waals surface area contributed by atoms with Gasteiger partial charge in [0, 0.05) is 6.42 Å². The molecule has 106 valence electrons. The minimum Gasteiger partial charge on any atom is -0.477 e. The molecule has 0 radical (unpaired) electrons. The Labute approximate surface area is 102 Å². The lowest BCUT2D eigenvalue weighted by Crippen LogP contribution is -2.65. The Morgan fingerprint density at radius 2 is 2.06 bits per heavy atom. The summed E-state index contributed by atoms with van der Waals surface area (Å²) in [7, 11) is 0. The Bertz CT molecular complexity index is 313. The summed E-state index contributed by atoms with van der Waals surface area (Å²) in [6.45, 7) is -0.810. The van der Waals surface area contributed by atoms with Crippen molar-refractivity contribution in [3.63, 3.8) is 0 Å². The molecule has 1 rings (SSSR count). The molecule has 0 aromatic carbocycles. The number of nitrogens with two attached hydrogens (primary N) is 1. The van der Waals surface area contributed by atoms with Crippen LogP contribution in [0.3, 0.4) is 0 Å². The maximum Gasteiger partial charge on any atom is 0.364 e. The zero-order chi connectivity index (χ0) is 14.1. The third-order valence-electron chi connectivity index (χ3n) is 2.89. The Morgan fingerprint density at radius 1 is 1.50 bits per heavy atom. The Morgan fingerprint density at radius 3 is 2.50 bits per heavy atom. The standard InChI is InChI=1S/C9H17NO8/c10-5-3(12)1-9(17,8(15)16)18-7(5)6(14)4(13)2-11/h3-7,11-14,17H,1-2,10H2,(H,15,16)/t3-,4-,5+,6+,7?,9-/m0/s1. The fraction of sp³-hybridized carbons (Fsp3) is 0.889. The van der Waals surface area contributed by atoms with Gasteiger partial charge >= 0.3 is 5.97 Å². The van der Waals surface area contributed by atoms with Gasteiger partial charge in [0.2, 0.25) is 0 Å². The van der Waals surface area contributed by atoms with Crippen LogP contribution in [-0.4, -0.2) is 79.5 Å². The first kappa shape index (κ1) is 15.2. The highest BCUT2D eigenvalue weighted by Crippen LogP contribution is 2.29. The van der Waals surface area contributed by atoms with Crippen molar-refractivity contribution in [2.45, 2.75) is 42.7 Å². The number of carboxylic acid groups (broad SMARTS) is 1. The van der Waals surface area contributed by atoms with Crippen molar-refractivity contribution >= 4 is 5.97 Å². The first-order valence-electron chi connectivity index (χ1n) is 5.27. The lowest BCUT2D eigenvalue weighted by Gasteiger charge is -2.43. The van der Waals surface area contributed by atoms with E-state index < -0.39 is 55.2 Å². The Kier molecular flexibility index (Phi) is 4.61. The van der Waals surface area contributed by atoms with E-state index >= 15 is 0 Å². The largest absolute Gasteiger partial charge is 0.477 e. The van der Waals surface area contributed by atoms with Gasteiger partial charge in [0.25, 0.3) is 5.79 Å². The van der Waals surface area contributed by atoms with Crippen LogP contribution in [0.15, 0.2) is 0 Å². The van der Waals surface area contributed by atoms with E-state index in [4.69, 9.17) is 20.7 Å². The first-order valence-corrected chi connectivity index (χ1v) is 5.27. The van der Waals surface area contributed by atoms with Crippen molar-refractivity contribution in [1.82, 2.24) is 0 Å². The molecular weight excluding hydrogens is 250 g/mol. The predicted molar refractivity (Wildman–Crippen MR) is 55.2 cm³/mol. The van der Waals surface area contributed by atoms with E-state index in [1.165, 1.54) is 0 Å². The monoisotopic (exact) mass is 267 g/mol. The highest BCUT2D eigenvalue weighted by atomic mass is 16.7. The maximum atomic E-state index is 10.8. The van der Waals surface area contributed by atoms with Gasteiger partial charge in [0.05, 0.1) is 18.8 Å². The molecule has 18 heavy (non-hydrogen) atoms.